The number of hydrogen-bond donors (Lipinski definition) is 2. The van der Waals surface area contributed by atoms with Crippen LogP contribution >= 0.6 is 0 Å². The van der Waals surface area contributed by atoms with Crippen LogP contribution in [-0.2, 0) is 16.8 Å². The molecule has 5 heteroatoms. The van der Waals surface area contributed by atoms with Crippen LogP contribution in [0.2, 0.25) is 0 Å². The number of pyridine rings is 1. The van der Waals surface area contributed by atoms with E-state index in [9.17, 15) is 9.90 Å². The van der Waals surface area contributed by atoms with Gasteiger partial charge in [-0.1, -0.05) is 45.0 Å². The number of nitrogens with zero attached hydrogens (tertiary/aromatic N) is 2. The third-order valence-electron chi connectivity index (χ3n) is 3.92. The molecule has 5 nitrogen and oxygen atoms in total. The number of anilines is 1. The maximum Gasteiger partial charge on any atom is 0.238 e. The van der Waals surface area contributed by atoms with Gasteiger partial charge in [-0.05, 0) is 28.7 Å². The molecule has 0 fully saturated rings. The fraction of sp³-hybridized carbons (Fsp3) is 0.400. The molecule has 0 bridgehead atoms. The predicted octanol–water partition coefficient (Wildman–Crippen LogP) is 2.81. The Kier molecular flexibility index (Phi) is 6.67. The minimum absolute atomic E-state index is 0.00607. The Morgan fingerprint density at radius 3 is 2.60 bits per heavy atom. The van der Waals surface area contributed by atoms with E-state index in [1.807, 2.05) is 41.3 Å². The molecule has 1 aromatic carbocycles. The molecule has 1 amide bonds. The number of para-hydroxylation sites is 1. The summed E-state index contributed by atoms with van der Waals surface area (Å²) in [6.07, 6.45) is 3.49. The molecule has 0 unspecified atom stereocenters. The van der Waals surface area contributed by atoms with Crippen molar-refractivity contribution in [3.05, 3.63) is 59.9 Å². The van der Waals surface area contributed by atoms with E-state index in [0.29, 0.717) is 13.1 Å². The van der Waals surface area contributed by atoms with Crippen LogP contribution in [0.1, 0.15) is 31.9 Å². The number of nitrogens with one attached hydrogen (secondary N) is 1. The molecule has 0 saturated heterocycles. The molecule has 2 N–H and O–H groups in total. The maximum atomic E-state index is 12.5. The highest BCUT2D eigenvalue weighted by atomic mass is 16.3. The first-order valence-corrected chi connectivity index (χ1v) is 8.51. The van der Waals surface area contributed by atoms with E-state index in [1.165, 1.54) is 0 Å². The fourth-order valence-corrected chi connectivity index (χ4v) is 2.74. The van der Waals surface area contributed by atoms with Crippen molar-refractivity contribution in [1.29, 1.82) is 0 Å². The van der Waals surface area contributed by atoms with Crippen molar-refractivity contribution in [2.45, 2.75) is 32.7 Å². The molecule has 1 aromatic heterocycles. The van der Waals surface area contributed by atoms with Crippen LogP contribution in [0.25, 0.3) is 0 Å². The standard InChI is InChI=1S/C20H27N3O2/c1-20(2,3)17-8-4-5-9-18(17)22-19(25)15-23(11-12-24)14-16-7-6-10-21-13-16/h4-10,13,24H,11-12,14-15H2,1-3H3,(H,22,25). The monoisotopic (exact) mass is 341 g/mol. The van der Waals surface area contributed by atoms with Crippen LogP contribution < -0.4 is 5.32 Å². The first-order valence-electron chi connectivity index (χ1n) is 8.51. The van der Waals surface area contributed by atoms with Crippen molar-refractivity contribution in [3.63, 3.8) is 0 Å². The minimum Gasteiger partial charge on any atom is -0.395 e. The summed E-state index contributed by atoms with van der Waals surface area (Å²) >= 11 is 0. The van der Waals surface area contributed by atoms with Gasteiger partial charge in [-0.2, -0.15) is 0 Å². The zero-order chi connectivity index (χ0) is 18.3. The van der Waals surface area contributed by atoms with Crippen molar-refractivity contribution >= 4 is 11.6 Å². The van der Waals surface area contributed by atoms with Gasteiger partial charge in [0.05, 0.1) is 13.2 Å². The van der Waals surface area contributed by atoms with E-state index in [0.717, 1.165) is 16.8 Å². The van der Waals surface area contributed by atoms with Gasteiger partial charge in [0.1, 0.15) is 0 Å². The van der Waals surface area contributed by atoms with E-state index in [2.05, 4.69) is 31.1 Å². The molecular weight excluding hydrogens is 314 g/mol. The van der Waals surface area contributed by atoms with Gasteiger partial charge in [-0.15, -0.1) is 0 Å². The predicted molar refractivity (Wildman–Crippen MR) is 100 cm³/mol. The summed E-state index contributed by atoms with van der Waals surface area (Å²) < 4.78 is 0. The van der Waals surface area contributed by atoms with Gasteiger partial charge >= 0.3 is 0 Å². The Hall–Kier alpha value is -2.24. The lowest BCUT2D eigenvalue weighted by atomic mass is 9.86. The second-order valence-electron chi connectivity index (χ2n) is 7.14. The molecule has 25 heavy (non-hydrogen) atoms. The smallest absolute Gasteiger partial charge is 0.238 e. The number of amides is 1. The summed E-state index contributed by atoms with van der Waals surface area (Å²) in [4.78, 5) is 18.5. The highest BCUT2D eigenvalue weighted by molar-refractivity contribution is 5.93. The van der Waals surface area contributed by atoms with Crippen molar-refractivity contribution in [2.24, 2.45) is 0 Å². The van der Waals surface area contributed by atoms with Crippen LogP contribution in [0.15, 0.2) is 48.8 Å². The Labute approximate surface area is 149 Å². The van der Waals surface area contributed by atoms with Crippen LogP contribution in [0, 0.1) is 0 Å². The lowest BCUT2D eigenvalue weighted by Crippen LogP contribution is -2.35. The Balaban J connectivity index is 2.05. The van der Waals surface area contributed by atoms with Crippen LogP contribution in [0.3, 0.4) is 0 Å². The van der Waals surface area contributed by atoms with Gasteiger partial charge < -0.3 is 10.4 Å². The summed E-state index contributed by atoms with van der Waals surface area (Å²) in [5.41, 5.74) is 2.90. The van der Waals surface area contributed by atoms with Gasteiger partial charge in [0.2, 0.25) is 5.91 Å². The first kappa shape index (κ1) is 19.1. The molecule has 0 aliphatic carbocycles. The number of carbonyl (C=O) groups is 1. The van der Waals surface area contributed by atoms with Gasteiger partial charge in [0.25, 0.3) is 0 Å². The highest BCUT2D eigenvalue weighted by Gasteiger charge is 2.19. The molecule has 0 saturated carbocycles. The lowest BCUT2D eigenvalue weighted by molar-refractivity contribution is -0.117. The summed E-state index contributed by atoms with van der Waals surface area (Å²) in [7, 11) is 0. The van der Waals surface area contributed by atoms with Crippen molar-refractivity contribution in [1.82, 2.24) is 9.88 Å². The van der Waals surface area contributed by atoms with E-state index in [1.54, 1.807) is 12.4 Å². The molecule has 134 valence electrons. The van der Waals surface area contributed by atoms with Crippen molar-refractivity contribution < 1.29 is 9.90 Å². The van der Waals surface area contributed by atoms with E-state index < -0.39 is 0 Å². The van der Waals surface area contributed by atoms with Crippen LogP contribution in [0.5, 0.6) is 0 Å². The number of hydrogen-bond acceptors (Lipinski definition) is 4. The average Bonchev–Trinajstić information content (AvgIpc) is 2.55. The van der Waals surface area contributed by atoms with Gasteiger partial charge in [0, 0.05) is 31.2 Å². The second kappa shape index (κ2) is 8.74. The largest absolute Gasteiger partial charge is 0.395 e. The number of carbonyl (C=O) groups excluding carboxylic acids is 1. The zero-order valence-electron chi connectivity index (χ0n) is 15.2. The second-order valence-corrected chi connectivity index (χ2v) is 7.14. The molecule has 0 aliphatic rings. The first-order chi connectivity index (χ1) is 11.9. The fourth-order valence-electron chi connectivity index (χ4n) is 2.74. The molecular formula is C20H27N3O2. The molecule has 1 heterocycles. The molecule has 0 atom stereocenters. The lowest BCUT2D eigenvalue weighted by Gasteiger charge is -2.24. The molecule has 2 rings (SSSR count). The third kappa shape index (κ3) is 5.96. The summed E-state index contributed by atoms with van der Waals surface area (Å²) in [6, 6.07) is 11.7. The Morgan fingerprint density at radius 2 is 1.96 bits per heavy atom. The number of rotatable bonds is 7. The molecule has 0 spiro atoms. The van der Waals surface area contributed by atoms with Crippen LogP contribution in [-0.4, -0.2) is 40.6 Å². The summed E-state index contributed by atoms with van der Waals surface area (Å²) in [5, 5.41) is 12.3. The van der Waals surface area contributed by atoms with Crippen LogP contribution in [0.4, 0.5) is 5.69 Å². The SMILES string of the molecule is CC(C)(C)c1ccccc1NC(=O)CN(CCO)Cc1cccnc1. The third-order valence-corrected chi connectivity index (χ3v) is 3.92. The van der Waals surface area contributed by atoms with E-state index in [-0.39, 0.29) is 24.5 Å². The topological polar surface area (TPSA) is 65.5 Å². The van der Waals surface area contributed by atoms with Gasteiger partial charge in [0.15, 0.2) is 0 Å². The Morgan fingerprint density at radius 1 is 1.20 bits per heavy atom. The summed E-state index contributed by atoms with van der Waals surface area (Å²) in [5.74, 6) is -0.0889. The molecule has 2 aromatic rings. The van der Waals surface area contributed by atoms with Crippen molar-refractivity contribution in [3.8, 4) is 0 Å². The van der Waals surface area contributed by atoms with E-state index >= 15 is 0 Å². The van der Waals surface area contributed by atoms with Crippen molar-refractivity contribution in [2.75, 3.05) is 25.0 Å². The number of aromatic nitrogens is 1. The van der Waals surface area contributed by atoms with Gasteiger partial charge in [-0.25, -0.2) is 0 Å². The highest BCUT2D eigenvalue weighted by Crippen LogP contribution is 2.29. The van der Waals surface area contributed by atoms with E-state index in [4.69, 9.17) is 0 Å². The van der Waals surface area contributed by atoms with Gasteiger partial charge in [-0.3, -0.25) is 14.7 Å². The summed E-state index contributed by atoms with van der Waals surface area (Å²) in [6.45, 7) is 7.60. The molecule has 0 aliphatic heterocycles. The number of aliphatic hydroxyl groups excluding tert-OH is 1. The quantitative estimate of drug-likeness (QED) is 0.813. The normalized spacial score (nSPS) is 11.6. The maximum absolute atomic E-state index is 12.5. The molecule has 0 radical (unpaired) electrons. The zero-order valence-corrected chi connectivity index (χ0v) is 15.2. The average molecular weight is 341 g/mol. The Bertz CT molecular complexity index is 681. The number of benzene rings is 1. The minimum atomic E-state index is -0.0889. The number of aliphatic hydroxyl groups is 1.